The Bertz CT molecular complexity index is 1810. The number of pyridine rings is 1. The molecule has 2 unspecified atom stereocenters. The second-order valence-corrected chi connectivity index (χ2v) is 11.0. The van der Waals surface area contributed by atoms with Gasteiger partial charge in [0.2, 0.25) is 11.8 Å². The lowest BCUT2D eigenvalue weighted by Crippen LogP contribution is -2.30. The Hall–Kier alpha value is -4.82. The maximum absolute atomic E-state index is 13.4. The molecule has 1 fully saturated rings. The van der Waals surface area contributed by atoms with Crippen molar-refractivity contribution in [2.24, 2.45) is 11.8 Å². The van der Waals surface area contributed by atoms with E-state index in [9.17, 15) is 19.2 Å². The van der Waals surface area contributed by atoms with Crippen LogP contribution in [0.4, 0.5) is 5.69 Å². The van der Waals surface area contributed by atoms with Crippen LogP contribution < -0.4 is 9.64 Å². The number of rotatable bonds is 7. The fourth-order valence-corrected chi connectivity index (χ4v) is 5.80. The van der Waals surface area contributed by atoms with Gasteiger partial charge in [0.15, 0.2) is 12.4 Å². The van der Waals surface area contributed by atoms with Crippen LogP contribution >= 0.6 is 11.6 Å². The predicted molar refractivity (Wildman–Crippen MR) is 162 cm³/mol. The Morgan fingerprint density at radius 2 is 1.65 bits per heavy atom. The third-order valence-corrected chi connectivity index (χ3v) is 8.45. The number of halogens is 1. The van der Waals surface area contributed by atoms with Gasteiger partial charge in [-0.3, -0.25) is 19.3 Å². The van der Waals surface area contributed by atoms with Crippen LogP contribution in [0.15, 0.2) is 78.9 Å². The van der Waals surface area contributed by atoms with E-state index in [2.05, 4.69) is 0 Å². The number of hydrogen-bond acceptors (Lipinski definition) is 7. The number of aromatic nitrogens is 1. The minimum atomic E-state index is -0.687. The van der Waals surface area contributed by atoms with E-state index in [0.717, 1.165) is 0 Å². The summed E-state index contributed by atoms with van der Waals surface area (Å²) in [6.45, 7) is 1.35. The van der Waals surface area contributed by atoms with Crippen LogP contribution in [0.2, 0.25) is 5.02 Å². The molecule has 3 aromatic carbocycles. The number of ketones is 1. The smallest absolute Gasteiger partial charge is 0.339 e. The summed E-state index contributed by atoms with van der Waals surface area (Å²) >= 11 is 6.40. The number of imide groups is 1. The summed E-state index contributed by atoms with van der Waals surface area (Å²) in [4.78, 5) is 58.3. The van der Waals surface area contributed by atoms with Crippen LogP contribution in [0.1, 0.15) is 39.1 Å². The fraction of sp³-hybridized carbons (Fsp3) is 0.206. The first-order valence-electron chi connectivity index (χ1n) is 13.8. The van der Waals surface area contributed by atoms with Crippen molar-refractivity contribution in [2.45, 2.75) is 19.8 Å². The minimum Gasteiger partial charge on any atom is -0.497 e. The molecular weight excluding hydrogens is 568 g/mol. The number of Topliss-reactive ketones (excluding diaryl/α,β-unsaturated/α-hetero) is 1. The molecule has 2 atom stereocenters. The molecule has 43 heavy (non-hydrogen) atoms. The zero-order valence-electron chi connectivity index (χ0n) is 23.5. The number of ether oxygens (including phenoxy) is 2. The summed E-state index contributed by atoms with van der Waals surface area (Å²) in [5.74, 6) is -1.55. The van der Waals surface area contributed by atoms with Gasteiger partial charge in [0.1, 0.15) is 5.75 Å². The van der Waals surface area contributed by atoms with Gasteiger partial charge in [0.25, 0.3) is 0 Å². The number of hydrogen-bond donors (Lipinski definition) is 0. The van der Waals surface area contributed by atoms with Crippen molar-refractivity contribution in [1.82, 2.24) is 4.98 Å². The van der Waals surface area contributed by atoms with Gasteiger partial charge in [-0.15, -0.1) is 0 Å². The fourth-order valence-electron chi connectivity index (χ4n) is 5.65. The number of amides is 2. The molecule has 2 heterocycles. The van der Waals surface area contributed by atoms with Gasteiger partial charge < -0.3 is 9.47 Å². The highest BCUT2D eigenvalue weighted by atomic mass is 35.5. The Kier molecular flexibility index (Phi) is 7.54. The van der Waals surface area contributed by atoms with Crippen molar-refractivity contribution in [3.8, 4) is 17.0 Å². The lowest BCUT2D eigenvalue weighted by Gasteiger charge is -2.16. The molecule has 4 aromatic rings. The number of methoxy groups -OCH3 is 1. The van der Waals surface area contributed by atoms with Gasteiger partial charge in [0.05, 0.1) is 41.4 Å². The van der Waals surface area contributed by atoms with E-state index in [1.54, 1.807) is 66.7 Å². The number of nitrogens with zero attached hydrogens (tertiary/aromatic N) is 2. The first-order valence-corrected chi connectivity index (χ1v) is 14.2. The Morgan fingerprint density at radius 1 is 0.953 bits per heavy atom. The molecule has 1 aliphatic carbocycles. The molecule has 2 amide bonds. The van der Waals surface area contributed by atoms with Gasteiger partial charge in [0, 0.05) is 21.5 Å². The van der Waals surface area contributed by atoms with Crippen molar-refractivity contribution in [1.29, 1.82) is 0 Å². The van der Waals surface area contributed by atoms with Crippen LogP contribution in [-0.4, -0.2) is 42.3 Å². The largest absolute Gasteiger partial charge is 0.497 e. The average Bonchev–Trinajstić information content (AvgIpc) is 3.30. The van der Waals surface area contributed by atoms with Crippen molar-refractivity contribution in [3.63, 3.8) is 0 Å². The van der Waals surface area contributed by atoms with E-state index in [0.29, 0.717) is 62.6 Å². The number of allylic oxidation sites excluding steroid dienone is 2. The maximum Gasteiger partial charge on any atom is 0.339 e. The van der Waals surface area contributed by atoms with Gasteiger partial charge in [-0.05, 0) is 61.7 Å². The molecule has 0 saturated carbocycles. The van der Waals surface area contributed by atoms with Crippen LogP contribution in [0, 0.1) is 18.8 Å². The van der Waals surface area contributed by atoms with Crippen LogP contribution in [0.25, 0.3) is 22.2 Å². The summed E-state index contributed by atoms with van der Waals surface area (Å²) in [5, 5.41) is 1.02. The Morgan fingerprint density at radius 3 is 2.33 bits per heavy atom. The molecule has 1 saturated heterocycles. The number of carbonyl (C=O) groups is 4. The first kappa shape index (κ1) is 28.3. The van der Waals surface area contributed by atoms with E-state index in [1.165, 1.54) is 12.0 Å². The molecule has 216 valence electrons. The average molecular weight is 595 g/mol. The van der Waals surface area contributed by atoms with Gasteiger partial charge in [-0.25, -0.2) is 9.78 Å². The predicted octanol–water partition coefficient (Wildman–Crippen LogP) is 6.37. The van der Waals surface area contributed by atoms with Crippen molar-refractivity contribution >= 4 is 51.8 Å². The number of fused-ring (bicyclic) bond motifs is 2. The molecule has 0 spiro atoms. The second kappa shape index (κ2) is 11.5. The van der Waals surface area contributed by atoms with Gasteiger partial charge in [-0.2, -0.15) is 0 Å². The van der Waals surface area contributed by atoms with Crippen LogP contribution in [0.5, 0.6) is 5.75 Å². The normalized spacial score (nSPS) is 17.7. The summed E-state index contributed by atoms with van der Waals surface area (Å²) in [7, 11) is 1.51. The van der Waals surface area contributed by atoms with Crippen LogP contribution in [-0.2, 0) is 14.3 Å². The van der Waals surface area contributed by atoms with E-state index < -0.39 is 12.6 Å². The molecule has 2 aliphatic rings. The Balaban J connectivity index is 1.30. The summed E-state index contributed by atoms with van der Waals surface area (Å²) in [6.07, 6.45) is 5.04. The van der Waals surface area contributed by atoms with E-state index in [-0.39, 0.29) is 35.0 Å². The molecule has 0 N–H and O–H groups in total. The summed E-state index contributed by atoms with van der Waals surface area (Å²) in [6, 6.07) is 18.5. The number of benzene rings is 3. The molecule has 0 bridgehead atoms. The number of carbonyl (C=O) groups excluding carboxylic acids is 4. The summed E-state index contributed by atoms with van der Waals surface area (Å²) in [5.41, 5.74) is 3.40. The molecule has 0 radical (unpaired) electrons. The zero-order valence-corrected chi connectivity index (χ0v) is 24.3. The van der Waals surface area contributed by atoms with Crippen molar-refractivity contribution in [2.75, 3.05) is 18.6 Å². The third-order valence-electron chi connectivity index (χ3n) is 8.04. The lowest BCUT2D eigenvalue weighted by molar-refractivity contribution is -0.122. The first-order chi connectivity index (χ1) is 20.8. The minimum absolute atomic E-state index is 0.185. The highest BCUT2D eigenvalue weighted by molar-refractivity contribution is 6.32. The van der Waals surface area contributed by atoms with E-state index >= 15 is 0 Å². The van der Waals surface area contributed by atoms with Gasteiger partial charge >= 0.3 is 5.97 Å². The molecule has 6 rings (SSSR count). The zero-order chi connectivity index (χ0) is 30.2. The molecule has 9 heteroatoms. The number of esters is 1. The highest BCUT2D eigenvalue weighted by Gasteiger charge is 2.47. The monoisotopic (exact) mass is 594 g/mol. The quantitative estimate of drug-likeness (QED) is 0.106. The molecular formula is C34H27ClN2O6. The maximum atomic E-state index is 13.4. The number of aryl methyl sites for hydroxylation is 1. The van der Waals surface area contributed by atoms with Gasteiger partial charge in [-0.1, -0.05) is 54.1 Å². The topological polar surface area (TPSA) is 103 Å². The van der Waals surface area contributed by atoms with E-state index in [1.807, 2.05) is 19.1 Å². The summed E-state index contributed by atoms with van der Waals surface area (Å²) < 4.78 is 10.6. The molecule has 1 aromatic heterocycles. The van der Waals surface area contributed by atoms with Crippen LogP contribution in [0.3, 0.4) is 0 Å². The highest BCUT2D eigenvalue weighted by Crippen LogP contribution is 2.38. The lowest BCUT2D eigenvalue weighted by atomic mass is 9.85. The van der Waals surface area contributed by atoms with E-state index in [4.69, 9.17) is 26.1 Å². The molecule has 8 nitrogen and oxygen atoms in total. The second-order valence-electron chi connectivity index (χ2n) is 10.6. The standard InChI is InChI=1S/C34H27ClN2O6/c1-19-28(35)15-14-24-27(34(41)43-18-30(38)21-6-5-7-23(16-21)42-2)17-29(36-31(19)24)20-10-12-22(13-11-20)37-32(39)25-8-3-4-9-26(25)33(37)40/h3-7,10-17,25-26H,8-9,18H2,1-2H3. The third kappa shape index (κ3) is 5.19. The number of anilines is 1. The molecule has 1 aliphatic heterocycles. The Labute approximate surface area is 252 Å². The van der Waals surface area contributed by atoms with Crippen molar-refractivity contribution in [3.05, 3.63) is 101 Å². The SMILES string of the molecule is COc1cccc(C(=O)COC(=O)c2cc(-c3ccc(N4C(=O)C5CC=CCC5C4=O)cc3)nc3c(C)c(Cl)ccc23)c1. The van der Waals surface area contributed by atoms with Crippen molar-refractivity contribution < 1.29 is 28.7 Å².